The molecule has 0 spiro atoms. The molecule has 38 heteroatoms. The molecule has 1 saturated heterocycles. The van der Waals surface area contributed by atoms with Gasteiger partial charge < -0.3 is 14.2 Å². The number of alkyl halides is 34. The number of halogens is 34. The second kappa shape index (κ2) is 17.7. The van der Waals surface area contributed by atoms with Crippen molar-refractivity contribution in [3.63, 3.8) is 0 Å². The van der Waals surface area contributed by atoms with Crippen molar-refractivity contribution in [3.05, 3.63) is 35.4 Å². The van der Waals surface area contributed by atoms with Crippen molar-refractivity contribution in [2.75, 3.05) is 13.7 Å². The van der Waals surface area contributed by atoms with Crippen LogP contribution < -0.4 is 0 Å². The lowest BCUT2D eigenvalue weighted by atomic mass is 9.80. The molecule has 1 fully saturated rings. The van der Waals surface area contributed by atoms with Gasteiger partial charge in [-0.05, 0) is 25.0 Å². The van der Waals surface area contributed by atoms with Gasteiger partial charge in [-0.1, -0.05) is 12.1 Å². The summed E-state index contributed by atoms with van der Waals surface area (Å²) in [7, 11) is -0.163. The van der Waals surface area contributed by atoms with Gasteiger partial charge in [0.2, 0.25) is 0 Å². The summed E-state index contributed by atoms with van der Waals surface area (Å²) in [5.41, 5.74) is -4.83. The number of nitriles is 1. The largest absolute Gasteiger partial charge is 0.460 e. The van der Waals surface area contributed by atoms with Crippen LogP contribution in [0.25, 0.3) is 0 Å². The molecule has 70 heavy (non-hydrogen) atoms. The van der Waals surface area contributed by atoms with Crippen LogP contribution in [0, 0.1) is 11.3 Å². The van der Waals surface area contributed by atoms with E-state index < -0.39 is 151 Å². The van der Waals surface area contributed by atoms with Crippen LogP contribution >= 0.6 is 0 Å². The minimum absolute atomic E-state index is 0.163. The summed E-state index contributed by atoms with van der Waals surface area (Å²) in [6.07, 6.45) is -34.7. The molecular formula is C32H19F34NO3. The van der Waals surface area contributed by atoms with E-state index in [1.165, 1.54) is 6.07 Å². The number of methoxy groups -OCH3 is 1. The van der Waals surface area contributed by atoms with Crippen molar-refractivity contribution in [1.82, 2.24) is 0 Å². The molecule has 1 heterocycles. The molecule has 0 aromatic heterocycles. The number of hydrogen-bond donors (Lipinski definition) is 0. The van der Waals surface area contributed by atoms with Crippen molar-refractivity contribution in [1.29, 1.82) is 5.26 Å². The van der Waals surface area contributed by atoms with E-state index in [0.29, 0.717) is 0 Å². The first-order valence-corrected chi connectivity index (χ1v) is 17.2. The van der Waals surface area contributed by atoms with Gasteiger partial charge in [0.1, 0.15) is 6.10 Å². The fourth-order valence-electron chi connectivity index (χ4n) is 5.79. The molecule has 1 aliphatic rings. The Bertz CT molecular complexity index is 1930. The van der Waals surface area contributed by atoms with Crippen LogP contribution in [0.2, 0.25) is 0 Å². The lowest BCUT2D eigenvalue weighted by Crippen LogP contribution is -2.74. The van der Waals surface area contributed by atoms with Gasteiger partial charge in [-0.15, -0.1) is 0 Å². The molecule has 2 rings (SSSR count). The van der Waals surface area contributed by atoms with Crippen LogP contribution in [0.5, 0.6) is 0 Å². The minimum Gasteiger partial charge on any atom is -0.375 e. The molecule has 0 bridgehead atoms. The Morgan fingerprint density at radius 1 is 0.429 bits per heavy atom. The molecule has 0 amide bonds. The van der Waals surface area contributed by atoms with Crippen molar-refractivity contribution in [2.24, 2.45) is 0 Å². The standard InChI is InChI=1S/C32H19F34NO3/c1-68-16(14-11-69-15(70-14)13-4-2-12(10-67)3-5-13,6-8-17(33,34)19(37,38)21(41,42)23(45,46)25(49,50)27(53,54)29(57,58)31(61,62)63)7-9-18(35,36)20(39,40)22(43,44)24(47,48)26(51,52)28(55,56)30(59,60)32(64,65)66/h2-5,14-15H,6-9,11H2,1H3. The normalized spacial score (nSPS) is 19.2. The van der Waals surface area contributed by atoms with Gasteiger partial charge in [-0.2, -0.15) is 155 Å². The SMILES string of the molecule is COC(CCC(F)(F)C(F)(F)C(F)(F)C(F)(F)C(F)(F)C(F)(F)C(F)(F)C(F)(F)F)(CCC(F)(F)C(F)(F)C(F)(F)C(F)(F)C(F)(F)C(F)(F)C(F)(F)C(F)(F)F)C1COC(c2ccc(C#N)cc2)O1. The van der Waals surface area contributed by atoms with Crippen molar-refractivity contribution >= 4 is 0 Å². The molecule has 0 radical (unpaired) electrons. The van der Waals surface area contributed by atoms with Crippen molar-refractivity contribution in [3.8, 4) is 6.07 Å². The van der Waals surface area contributed by atoms with Gasteiger partial charge in [-0.3, -0.25) is 0 Å². The highest BCUT2D eigenvalue weighted by Gasteiger charge is 2.97. The van der Waals surface area contributed by atoms with E-state index in [0.717, 1.165) is 24.3 Å². The number of hydrogen-bond acceptors (Lipinski definition) is 4. The third-order valence-electron chi connectivity index (χ3n) is 10.3. The van der Waals surface area contributed by atoms with Crippen LogP contribution in [0.4, 0.5) is 149 Å². The lowest BCUT2D eigenvalue weighted by Gasteiger charge is -2.44. The summed E-state index contributed by atoms with van der Waals surface area (Å²) in [4.78, 5) is 0. The monoisotopic (exact) mass is 1110 g/mol. The highest BCUT2D eigenvalue weighted by atomic mass is 19.4. The number of benzene rings is 1. The Labute approximate surface area is 363 Å². The average molecular weight is 1110 g/mol. The fourth-order valence-corrected chi connectivity index (χ4v) is 5.79. The minimum atomic E-state index is -9.20. The van der Waals surface area contributed by atoms with Gasteiger partial charge in [0.05, 0.1) is 23.8 Å². The number of ether oxygens (including phenoxy) is 3. The van der Waals surface area contributed by atoms with Crippen LogP contribution in [0.15, 0.2) is 24.3 Å². The van der Waals surface area contributed by atoms with Gasteiger partial charge in [0.15, 0.2) is 6.29 Å². The summed E-state index contributed by atoms with van der Waals surface area (Å²) in [6, 6.07) is 4.72. The predicted molar refractivity (Wildman–Crippen MR) is 154 cm³/mol. The third kappa shape index (κ3) is 8.86. The zero-order valence-electron chi connectivity index (χ0n) is 32.5. The smallest absolute Gasteiger partial charge is 0.375 e. The highest BCUT2D eigenvalue weighted by Crippen LogP contribution is 2.67. The highest BCUT2D eigenvalue weighted by molar-refractivity contribution is 5.32. The zero-order chi connectivity index (χ0) is 56.0. The van der Waals surface area contributed by atoms with Crippen LogP contribution in [0.3, 0.4) is 0 Å². The zero-order valence-corrected chi connectivity index (χ0v) is 32.5. The van der Waals surface area contributed by atoms with Crippen LogP contribution in [0.1, 0.15) is 43.1 Å². The molecule has 0 saturated carbocycles. The molecule has 2 atom stereocenters. The van der Waals surface area contributed by atoms with E-state index in [2.05, 4.69) is 4.74 Å². The van der Waals surface area contributed by atoms with E-state index in [1.54, 1.807) is 0 Å². The Morgan fingerprint density at radius 2 is 0.700 bits per heavy atom. The first-order valence-electron chi connectivity index (χ1n) is 17.2. The molecule has 0 N–H and O–H groups in total. The van der Waals surface area contributed by atoms with Gasteiger partial charge in [-0.25, -0.2) is 0 Å². The molecule has 1 aromatic rings. The molecule has 2 unspecified atom stereocenters. The maximum atomic E-state index is 15.0. The summed E-state index contributed by atoms with van der Waals surface area (Å²) in [6.45, 7) is -1.64. The Balaban J connectivity index is 2.79. The predicted octanol–water partition coefficient (Wildman–Crippen LogP) is 13.9. The Kier molecular flexibility index (Phi) is 15.8. The molecule has 1 aromatic carbocycles. The Hall–Kier alpha value is -3.79. The van der Waals surface area contributed by atoms with Gasteiger partial charge >= 0.3 is 95.3 Å². The molecule has 408 valence electrons. The third-order valence-corrected chi connectivity index (χ3v) is 10.3. The first-order chi connectivity index (χ1) is 30.5. The van der Waals surface area contributed by atoms with Crippen LogP contribution in [-0.4, -0.2) is 121 Å². The lowest BCUT2D eigenvalue weighted by molar-refractivity contribution is -0.462. The van der Waals surface area contributed by atoms with Gasteiger partial charge in [0, 0.05) is 25.5 Å². The summed E-state index contributed by atoms with van der Waals surface area (Å²) < 4.78 is 486. The summed E-state index contributed by atoms with van der Waals surface area (Å²) in [5, 5.41) is 8.88. The second-order valence-corrected chi connectivity index (χ2v) is 14.6. The van der Waals surface area contributed by atoms with E-state index in [1.807, 2.05) is 0 Å². The van der Waals surface area contributed by atoms with E-state index >= 15 is 17.6 Å². The molecule has 0 aliphatic carbocycles. The number of rotatable bonds is 21. The quantitative estimate of drug-likeness (QED) is 0.115. The van der Waals surface area contributed by atoms with E-state index in [-0.39, 0.29) is 12.7 Å². The Morgan fingerprint density at radius 3 is 0.957 bits per heavy atom. The maximum absolute atomic E-state index is 15.0. The summed E-state index contributed by atoms with van der Waals surface area (Å²) >= 11 is 0. The first kappa shape index (κ1) is 62.3. The van der Waals surface area contributed by atoms with Gasteiger partial charge in [0.25, 0.3) is 0 Å². The molecule has 1 aliphatic heterocycles. The summed E-state index contributed by atoms with van der Waals surface area (Å²) in [5.74, 6) is -122. The molecular weight excluding hydrogens is 1090 g/mol. The van der Waals surface area contributed by atoms with Crippen LogP contribution in [-0.2, 0) is 14.2 Å². The van der Waals surface area contributed by atoms with Crippen molar-refractivity contribution in [2.45, 2.75) is 139 Å². The topological polar surface area (TPSA) is 51.5 Å². The van der Waals surface area contributed by atoms with E-state index in [9.17, 15) is 132 Å². The second-order valence-electron chi connectivity index (χ2n) is 14.6. The average Bonchev–Trinajstić information content (AvgIpc) is 3.70. The van der Waals surface area contributed by atoms with E-state index in [4.69, 9.17) is 14.7 Å². The molecule has 4 nitrogen and oxygen atoms in total. The maximum Gasteiger partial charge on any atom is 0.460 e. The van der Waals surface area contributed by atoms with Crippen molar-refractivity contribution < 1.29 is 163 Å². The number of nitrogens with zero attached hydrogens (tertiary/aromatic N) is 1. The fraction of sp³-hybridized carbons (Fsp3) is 0.781.